The van der Waals surface area contributed by atoms with E-state index in [-0.39, 0.29) is 11.6 Å². The van der Waals surface area contributed by atoms with E-state index in [0.29, 0.717) is 0 Å². The maximum Gasteiger partial charge on any atom is 0.120 e. The number of likely N-dealkylation sites (N-methyl/N-ethyl adjacent to an activating group) is 1. The van der Waals surface area contributed by atoms with Crippen molar-refractivity contribution >= 4 is 0 Å². The molecule has 0 atom stereocenters. The smallest absolute Gasteiger partial charge is 0.120 e. The summed E-state index contributed by atoms with van der Waals surface area (Å²) < 4.78 is 5.73. The fourth-order valence-electron chi connectivity index (χ4n) is 2.00. The zero-order valence-corrected chi connectivity index (χ0v) is 13.9. The molecule has 0 aliphatic carbocycles. The van der Waals surface area contributed by atoms with Crippen molar-refractivity contribution in [2.75, 3.05) is 20.1 Å². The van der Waals surface area contributed by atoms with Gasteiger partial charge in [0.05, 0.1) is 6.10 Å². The molecule has 0 bridgehead atoms. The molecule has 0 aliphatic rings. The molecule has 20 heavy (non-hydrogen) atoms. The molecular weight excluding hydrogens is 248 g/mol. The number of hydrogen-bond acceptors (Lipinski definition) is 3. The number of benzene rings is 1. The van der Waals surface area contributed by atoms with Crippen molar-refractivity contribution in [2.24, 2.45) is 0 Å². The van der Waals surface area contributed by atoms with E-state index in [2.05, 4.69) is 70.1 Å². The minimum absolute atomic E-state index is 0.186. The van der Waals surface area contributed by atoms with Crippen LogP contribution < -0.4 is 10.1 Å². The van der Waals surface area contributed by atoms with E-state index >= 15 is 0 Å². The van der Waals surface area contributed by atoms with Crippen LogP contribution in [0, 0.1) is 0 Å². The van der Waals surface area contributed by atoms with E-state index < -0.39 is 0 Å². The molecule has 1 N–H and O–H groups in total. The second kappa shape index (κ2) is 7.65. The van der Waals surface area contributed by atoms with Crippen LogP contribution in [0.4, 0.5) is 0 Å². The number of nitrogens with zero attached hydrogens (tertiary/aromatic N) is 1. The van der Waals surface area contributed by atoms with Gasteiger partial charge in [0, 0.05) is 25.2 Å². The first-order valence-electron chi connectivity index (χ1n) is 7.45. The summed E-state index contributed by atoms with van der Waals surface area (Å²) in [6, 6.07) is 8.37. The molecule has 114 valence electrons. The highest BCUT2D eigenvalue weighted by Gasteiger charge is 2.09. The fourth-order valence-corrected chi connectivity index (χ4v) is 2.00. The van der Waals surface area contributed by atoms with Gasteiger partial charge in [-0.2, -0.15) is 0 Å². The maximum absolute atomic E-state index is 5.73. The first-order chi connectivity index (χ1) is 9.26. The highest BCUT2D eigenvalue weighted by atomic mass is 16.5. The molecule has 0 saturated heterocycles. The Balaban J connectivity index is 2.43. The SMILES string of the molecule is CC(C)Oc1cccc(CN(C)CCNC(C)(C)C)c1. The van der Waals surface area contributed by atoms with Crippen LogP contribution >= 0.6 is 0 Å². The Morgan fingerprint density at radius 1 is 1.25 bits per heavy atom. The van der Waals surface area contributed by atoms with Crippen molar-refractivity contribution < 1.29 is 4.74 Å². The van der Waals surface area contributed by atoms with Gasteiger partial charge in [-0.25, -0.2) is 0 Å². The highest BCUT2D eigenvalue weighted by molar-refractivity contribution is 5.28. The lowest BCUT2D eigenvalue weighted by Crippen LogP contribution is -2.40. The van der Waals surface area contributed by atoms with Crippen LogP contribution in [0.25, 0.3) is 0 Å². The van der Waals surface area contributed by atoms with Gasteiger partial charge < -0.3 is 15.0 Å². The largest absolute Gasteiger partial charge is 0.491 e. The normalized spacial score (nSPS) is 12.2. The minimum Gasteiger partial charge on any atom is -0.491 e. The molecule has 0 saturated carbocycles. The minimum atomic E-state index is 0.186. The summed E-state index contributed by atoms with van der Waals surface area (Å²) in [6.07, 6.45) is 0.221. The molecule has 0 aromatic heterocycles. The van der Waals surface area contributed by atoms with E-state index in [0.717, 1.165) is 25.4 Å². The summed E-state index contributed by atoms with van der Waals surface area (Å²) in [4.78, 5) is 2.33. The third-order valence-electron chi connectivity index (χ3n) is 2.87. The molecule has 0 radical (unpaired) electrons. The van der Waals surface area contributed by atoms with Crippen LogP contribution in [0.2, 0.25) is 0 Å². The van der Waals surface area contributed by atoms with Crippen LogP contribution in [-0.2, 0) is 6.54 Å². The van der Waals surface area contributed by atoms with Crippen molar-refractivity contribution in [1.29, 1.82) is 0 Å². The molecule has 1 aromatic rings. The molecule has 0 aliphatic heterocycles. The number of nitrogens with one attached hydrogen (secondary N) is 1. The third-order valence-corrected chi connectivity index (χ3v) is 2.87. The van der Waals surface area contributed by atoms with E-state index in [1.54, 1.807) is 0 Å². The Kier molecular flexibility index (Phi) is 6.50. The van der Waals surface area contributed by atoms with Gasteiger partial charge >= 0.3 is 0 Å². The van der Waals surface area contributed by atoms with E-state index in [1.807, 2.05) is 6.07 Å². The lowest BCUT2D eigenvalue weighted by molar-refractivity contribution is 0.241. The van der Waals surface area contributed by atoms with Crippen LogP contribution in [0.1, 0.15) is 40.2 Å². The van der Waals surface area contributed by atoms with Crippen LogP contribution in [0.5, 0.6) is 5.75 Å². The first-order valence-corrected chi connectivity index (χ1v) is 7.45. The predicted octanol–water partition coefficient (Wildman–Crippen LogP) is 3.29. The van der Waals surface area contributed by atoms with Crippen molar-refractivity contribution in [3.05, 3.63) is 29.8 Å². The Hall–Kier alpha value is -1.06. The zero-order valence-electron chi connectivity index (χ0n) is 13.9. The van der Waals surface area contributed by atoms with Gasteiger partial charge in [-0.3, -0.25) is 0 Å². The molecule has 0 heterocycles. The van der Waals surface area contributed by atoms with E-state index in [4.69, 9.17) is 4.74 Å². The van der Waals surface area contributed by atoms with Gasteiger partial charge in [-0.15, -0.1) is 0 Å². The Bertz CT molecular complexity index is 396. The molecule has 0 unspecified atom stereocenters. The summed E-state index contributed by atoms with van der Waals surface area (Å²) >= 11 is 0. The quantitative estimate of drug-likeness (QED) is 0.828. The Morgan fingerprint density at radius 2 is 1.95 bits per heavy atom. The van der Waals surface area contributed by atoms with E-state index in [1.165, 1.54) is 5.56 Å². The lowest BCUT2D eigenvalue weighted by Gasteiger charge is -2.23. The average Bonchev–Trinajstić information content (AvgIpc) is 2.26. The van der Waals surface area contributed by atoms with Crippen LogP contribution in [0.15, 0.2) is 24.3 Å². The summed E-state index contributed by atoms with van der Waals surface area (Å²) in [5.74, 6) is 0.957. The number of rotatable bonds is 7. The second-order valence-corrected chi connectivity index (χ2v) is 6.73. The average molecular weight is 278 g/mol. The van der Waals surface area contributed by atoms with Gasteiger partial charge in [0.1, 0.15) is 5.75 Å². The molecule has 0 amide bonds. The Morgan fingerprint density at radius 3 is 2.55 bits per heavy atom. The molecule has 3 heteroatoms. The summed E-state index contributed by atoms with van der Waals surface area (Å²) in [6.45, 7) is 13.7. The first kappa shape index (κ1) is 17.0. The summed E-state index contributed by atoms with van der Waals surface area (Å²) in [5, 5.41) is 3.51. The maximum atomic E-state index is 5.73. The van der Waals surface area contributed by atoms with Crippen molar-refractivity contribution in [2.45, 2.75) is 52.8 Å². The molecule has 3 nitrogen and oxygen atoms in total. The highest BCUT2D eigenvalue weighted by Crippen LogP contribution is 2.15. The van der Waals surface area contributed by atoms with Gasteiger partial charge in [0.15, 0.2) is 0 Å². The zero-order chi connectivity index (χ0) is 15.2. The fraction of sp³-hybridized carbons (Fsp3) is 0.647. The van der Waals surface area contributed by atoms with Crippen molar-refractivity contribution in [1.82, 2.24) is 10.2 Å². The monoisotopic (exact) mass is 278 g/mol. The molecule has 1 rings (SSSR count). The van der Waals surface area contributed by atoms with Crippen molar-refractivity contribution in [3.8, 4) is 5.75 Å². The molecule has 1 aromatic carbocycles. The Labute approximate surface area is 124 Å². The second-order valence-electron chi connectivity index (χ2n) is 6.73. The molecule has 0 fully saturated rings. The van der Waals surface area contributed by atoms with Gasteiger partial charge in [0.2, 0.25) is 0 Å². The molecule has 0 spiro atoms. The third kappa shape index (κ3) is 7.51. The standard InChI is InChI=1S/C17H30N2O/c1-14(2)20-16-9-7-8-15(12-16)13-19(6)11-10-18-17(3,4)5/h7-9,12,14,18H,10-11,13H2,1-6H3. The van der Waals surface area contributed by atoms with Crippen molar-refractivity contribution in [3.63, 3.8) is 0 Å². The lowest BCUT2D eigenvalue weighted by atomic mass is 10.1. The van der Waals surface area contributed by atoms with E-state index in [9.17, 15) is 0 Å². The summed E-state index contributed by atoms with van der Waals surface area (Å²) in [5.41, 5.74) is 1.48. The van der Waals surface area contributed by atoms with Gasteiger partial charge in [-0.05, 0) is 59.4 Å². The summed E-state index contributed by atoms with van der Waals surface area (Å²) in [7, 11) is 2.15. The topological polar surface area (TPSA) is 24.5 Å². The number of hydrogen-bond donors (Lipinski definition) is 1. The van der Waals surface area contributed by atoms with Gasteiger partial charge in [0.25, 0.3) is 0 Å². The van der Waals surface area contributed by atoms with Gasteiger partial charge in [-0.1, -0.05) is 12.1 Å². The predicted molar refractivity (Wildman–Crippen MR) is 86.3 cm³/mol. The number of ether oxygens (including phenoxy) is 1. The van der Waals surface area contributed by atoms with Crippen LogP contribution in [0.3, 0.4) is 0 Å². The molecular formula is C17H30N2O. The van der Waals surface area contributed by atoms with Crippen LogP contribution in [-0.4, -0.2) is 36.7 Å².